The first kappa shape index (κ1) is 25.1. The predicted molar refractivity (Wildman–Crippen MR) is 127 cm³/mol. The van der Waals surface area contributed by atoms with Gasteiger partial charge < -0.3 is 5.32 Å². The largest absolute Gasteiger partial charge is 0.435 e. The first-order chi connectivity index (χ1) is 17.1. The number of pyridine rings is 1. The van der Waals surface area contributed by atoms with E-state index < -0.39 is 23.6 Å². The van der Waals surface area contributed by atoms with Crippen LogP contribution in [0.15, 0.2) is 78.0 Å². The number of aliphatic imine (C=N–C) groups is 1. The Kier molecular flexibility index (Phi) is 7.22. The summed E-state index contributed by atoms with van der Waals surface area (Å²) in [6.07, 6.45) is -2.05. The van der Waals surface area contributed by atoms with Crippen molar-refractivity contribution in [3.8, 4) is 5.69 Å². The minimum absolute atomic E-state index is 0.0396. The smallest absolute Gasteiger partial charge is 0.325 e. The number of anilines is 1. The highest BCUT2D eigenvalue weighted by Crippen LogP contribution is 2.32. The van der Waals surface area contributed by atoms with Crippen LogP contribution < -0.4 is 10.6 Å². The van der Waals surface area contributed by atoms with Gasteiger partial charge in [-0.15, -0.1) is 0 Å². The Morgan fingerprint density at radius 3 is 2.47 bits per heavy atom. The highest BCUT2D eigenvalue weighted by atomic mass is 35.5. The lowest BCUT2D eigenvalue weighted by atomic mass is 10.2. The van der Waals surface area contributed by atoms with Crippen LogP contribution in [0.25, 0.3) is 5.69 Å². The minimum atomic E-state index is -4.77. The second-order valence-corrected chi connectivity index (χ2v) is 8.09. The van der Waals surface area contributed by atoms with Crippen molar-refractivity contribution in [2.24, 2.45) is 4.99 Å². The van der Waals surface area contributed by atoms with Crippen molar-refractivity contribution in [3.05, 3.63) is 100 Å². The molecular weight excluding hydrogens is 523 g/mol. The van der Waals surface area contributed by atoms with Crippen molar-refractivity contribution >= 4 is 46.6 Å². The lowest BCUT2D eigenvalue weighted by molar-refractivity contribution is -0.141. The molecule has 0 radical (unpaired) electrons. The summed E-state index contributed by atoms with van der Waals surface area (Å²) < 4.78 is 55.1. The maximum absolute atomic E-state index is 13.9. The number of halogens is 6. The molecule has 1 amide bonds. The van der Waals surface area contributed by atoms with E-state index in [4.69, 9.17) is 23.2 Å². The van der Waals surface area contributed by atoms with Crippen LogP contribution in [0.5, 0.6) is 0 Å². The van der Waals surface area contributed by atoms with Crippen LogP contribution in [0.4, 0.5) is 29.1 Å². The molecule has 0 aliphatic carbocycles. The van der Waals surface area contributed by atoms with E-state index in [0.717, 1.165) is 16.8 Å². The van der Waals surface area contributed by atoms with Crippen LogP contribution in [0.1, 0.15) is 16.1 Å². The summed E-state index contributed by atoms with van der Waals surface area (Å²) in [6, 6.07) is 13.1. The lowest BCUT2D eigenvalue weighted by Crippen LogP contribution is -2.36. The summed E-state index contributed by atoms with van der Waals surface area (Å²) in [5, 5.41) is 9.06. The van der Waals surface area contributed by atoms with Crippen LogP contribution in [0, 0.1) is 5.82 Å². The summed E-state index contributed by atoms with van der Waals surface area (Å²) in [6.45, 7) is 0. The molecular formula is C23H14Cl2F4N6O. The van der Waals surface area contributed by atoms with Crippen LogP contribution in [-0.2, 0) is 6.18 Å². The maximum atomic E-state index is 13.9. The zero-order valence-corrected chi connectivity index (χ0v) is 19.4. The molecule has 7 nitrogen and oxygen atoms in total. The molecule has 0 fully saturated rings. The molecule has 0 atom stereocenters. The number of amides is 1. The molecule has 0 unspecified atom stereocenters. The molecule has 13 heteroatoms. The first-order valence-corrected chi connectivity index (χ1v) is 10.8. The van der Waals surface area contributed by atoms with Gasteiger partial charge in [-0.05, 0) is 48.5 Å². The molecule has 0 spiro atoms. The molecule has 2 aromatic carbocycles. The average Bonchev–Trinajstić information content (AvgIpc) is 3.23. The van der Waals surface area contributed by atoms with E-state index in [1.165, 1.54) is 42.7 Å². The quantitative estimate of drug-likeness (QED) is 0.183. The van der Waals surface area contributed by atoms with Crippen molar-refractivity contribution in [2.75, 3.05) is 5.32 Å². The van der Waals surface area contributed by atoms with Crippen LogP contribution in [0.3, 0.4) is 0 Å². The van der Waals surface area contributed by atoms with Gasteiger partial charge in [0, 0.05) is 33.6 Å². The Morgan fingerprint density at radius 1 is 1.00 bits per heavy atom. The van der Waals surface area contributed by atoms with Gasteiger partial charge in [0.15, 0.2) is 11.5 Å². The van der Waals surface area contributed by atoms with Crippen molar-refractivity contribution in [2.45, 2.75) is 6.18 Å². The number of alkyl halides is 3. The SMILES string of the molecule is O=C(NC(=Nc1cc(C(F)(F)F)nn1-c1cccnc1)Nc1cc(F)cc(Cl)c1)c1cccc(Cl)c1. The van der Waals surface area contributed by atoms with Crippen molar-refractivity contribution in [1.82, 2.24) is 20.1 Å². The molecule has 0 bridgehead atoms. The normalized spacial score (nSPS) is 11.9. The molecule has 0 saturated carbocycles. The van der Waals surface area contributed by atoms with E-state index in [1.807, 2.05) is 0 Å². The molecule has 2 aromatic heterocycles. The summed E-state index contributed by atoms with van der Waals surface area (Å²) in [7, 11) is 0. The van der Waals surface area contributed by atoms with Gasteiger partial charge in [0.2, 0.25) is 5.96 Å². The van der Waals surface area contributed by atoms with E-state index in [1.54, 1.807) is 12.1 Å². The Labute approximate surface area is 211 Å². The topological polar surface area (TPSA) is 84.2 Å². The number of nitrogens with one attached hydrogen (secondary N) is 2. The molecule has 4 aromatic rings. The zero-order chi connectivity index (χ0) is 25.9. The molecule has 4 rings (SSSR count). The van der Waals surface area contributed by atoms with Crippen molar-refractivity contribution < 1.29 is 22.4 Å². The molecule has 0 aliphatic heterocycles. The zero-order valence-electron chi connectivity index (χ0n) is 17.9. The Balaban J connectivity index is 1.80. The summed E-state index contributed by atoms with van der Waals surface area (Å²) in [4.78, 5) is 20.9. The predicted octanol–water partition coefficient (Wildman–Crippen LogP) is 6.26. The number of aromatic nitrogens is 3. The summed E-state index contributed by atoms with van der Waals surface area (Å²) in [5.41, 5.74) is -0.819. The molecule has 0 aliphatic rings. The number of hydrogen-bond acceptors (Lipinski definition) is 4. The van der Waals surface area contributed by atoms with Gasteiger partial charge in [-0.1, -0.05) is 29.3 Å². The van der Waals surface area contributed by atoms with Crippen LogP contribution in [-0.4, -0.2) is 26.6 Å². The van der Waals surface area contributed by atoms with E-state index in [9.17, 15) is 22.4 Å². The standard InChI is InChI=1S/C23H14Cl2F4N6O/c24-14-4-1-3-13(7-14)21(36)33-22(31-17-9-15(25)8-16(26)10-17)32-20-11-19(23(27,28)29)34-35(20)18-5-2-6-30-12-18/h1-12H,(H2,31,32,33,36). The fraction of sp³-hybridized carbons (Fsp3) is 0.0435. The molecule has 2 N–H and O–H groups in total. The monoisotopic (exact) mass is 536 g/mol. The van der Waals surface area contributed by atoms with Gasteiger partial charge in [-0.2, -0.15) is 23.3 Å². The van der Waals surface area contributed by atoms with Crippen LogP contribution >= 0.6 is 23.2 Å². The summed E-state index contributed by atoms with van der Waals surface area (Å²) >= 11 is 11.9. The van der Waals surface area contributed by atoms with Gasteiger partial charge in [-0.3, -0.25) is 15.1 Å². The molecule has 184 valence electrons. The maximum Gasteiger partial charge on any atom is 0.435 e. The van der Waals surface area contributed by atoms with E-state index >= 15 is 0 Å². The van der Waals surface area contributed by atoms with E-state index in [-0.39, 0.29) is 38.8 Å². The number of hydrogen-bond donors (Lipinski definition) is 2. The molecule has 36 heavy (non-hydrogen) atoms. The highest BCUT2D eigenvalue weighted by molar-refractivity contribution is 6.31. The number of carbonyl (C=O) groups excluding carboxylic acids is 1. The first-order valence-electron chi connectivity index (χ1n) is 10.0. The number of guanidine groups is 1. The second-order valence-electron chi connectivity index (χ2n) is 7.22. The van der Waals surface area contributed by atoms with Gasteiger partial charge in [0.25, 0.3) is 5.91 Å². The third-order valence-electron chi connectivity index (χ3n) is 4.54. The van der Waals surface area contributed by atoms with E-state index in [0.29, 0.717) is 6.07 Å². The fourth-order valence-corrected chi connectivity index (χ4v) is 3.44. The lowest BCUT2D eigenvalue weighted by Gasteiger charge is -2.13. The number of carbonyl (C=O) groups is 1. The van der Waals surface area contributed by atoms with Gasteiger partial charge in [0.05, 0.1) is 11.9 Å². The average molecular weight is 537 g/mol. The second kappa shape index (κ2) is 10.3. The number of benzene rings is 2. The Morgan fingerprint density at radius 2 is 1.81 bits per heavy atom. The van der Waals surface area contributed by atoms with Crippen molar-refractivity contribution in [1.29, 1.82) is 0 Å². The highest BCUT2D eigenvalue weighted by Gasteiger charge is 2.35. The fourth-order valence-electron chi connectivity index (χ4n) is 3.03. The number of nitrogens with zero attached hydrogens (tertiary/aromatic N) is 4. The van der Waals surface area contributed by atoms with E-state index in [2.05, 4.69) is 25.7 Å². The molecule has 0 saturated heterocycles. The van der Waals surface area contributed by atoms with Gasteiger partial charge >= 0.3 is 6.18 Å². The number of rotatable bonds is 4. The summed E-state index contributed by atoms with van der Waals surface area (Å²) in [5.74, 6) is -2.01. The Bertz CT molecular complexity index is 1420. The van der Waals surface area contributed by atoms with Gasteiger partial charge in [-0.25, -0.2) is 9.07 Å². The third kappa shape index (κ3) is 6.18. The third-order valence-corrected chi connectivity index (χ3v) is 5.00. The van der Waals surface area contributed by atoms with Crippen LogP contribution in [0.2, 0.25) is 10.0 Å². The molecule has 2 heterocycles. The van der Waals surface area contributed by atoms with Crippen molar-refractivity contribution in [3.63, 3.8) is 0 Å². The minimum Gasteiger partial charge on any atom is -0.325 e. The Hall–Kier alpha value is -3.96. The van der Waals surface area contributed by atoms with Gasteiger partial charge in [0.1, 0.15) is 5.82 Å².